The van der Waals surface area contributed by atoms with Crippen LogP contribution in [0.15, 0.2) is 71.2 Å². The molecule has 0 aliphatic heterocycles. The molecule has 27 heavy (non-hydrogen) atoms. The Morgan fingerprint density at radius 1 is 1.04 bits per heavy atom. The van der Waals surface area contributed by atoms with Crippen molar-refractivity contribution >= 4 is 41.3 Å². The van der Waals surface area contributed by atoms with Crippen molar-refractivity contribution in [2.24, 2.45) is 4.99 Å². The summed E-state index contributed by atoms with van der Waals surface area (Å²) in [6, 6.07) is 18.1. The van der Waals surface area contributed by atoms with Gasteiger partial charge in [0, 0.05) is 30.2 Å². The Balaban J connectivity index is 0.00000261. The van der Waals surface area contributed by atoms with Crippen LogP contribution in [-0.4, -0.2) is 18.0 Å². The molecule has 0 radical (unpaired) electrons. The number of rotatable bonds is 7. The molecule has 2 heterocycles. The largest absolute Gasteiger partial charge is 0.473 e. The molecule has 0 aliphatic rings. The predicted octanol–water partition coefficient (Wildman–Crippen LogP) is 4.21. The van der Waals surface area contributed by atoms with Crippen LogP contribution in [0.4, 0.5) is 0 Å². The van der Waals surface area contributed by atoms with E-state index in [0.717, 1.165) is 23.6 Å². The molecule has 2 aromatic heterocycles. The molecule has 3 aromatic rings. The second-order valence-corrected chi connectivity index (χ2v) is 6.63. The van der Waals surface area contributed by atoms with Crippen molar-refractivity contribution in [2.75, 3.05) is 7.05 Å². The SMILES string of the molecule is CN=C(NCc1cccs1)NCc1cccnc1OCc1ccccc1.I. The zero-order valence-corrected chi connectivity index (χ0v) is 18.2. The van der Waals surface area contributed by atoms with E-state index in [2.05, 4.69) is 32.1 Å². The number of hydrogen-bond acceptors (Lipinski definition) is 4. The van der Waals surface area contributed by atoms with Gasteiger partial charge in [0.05, 0.1) is 6.54 Å². The molecular weight excluding hydrogens is 471 g/mol. The molecule has 2 N–H and O–H groups in total. The van der Waals surface area contributed by atoms with E-state index in [1.54, 1.807) is 24.6 Å². The molecule has 0 saturated heterocycles. The molecule has 0 bridgehead atoms. The number of aliphatic imine (C=N–C) groups is 1. The van der Waals surface area contributed by atoms with Gasteiger partial charge in [0.1, 0.15) is 6.61 Å². The lowest BCUT2D eigenvalue weighted by Crippen LogP contribution is -2.36. The first-order valence-electron chi connectivity index (χ1n) is 8.42. The molecule has 0 fully saturated rings. The number of aromatic nitrogens is 1. The highest BCUT2D eigenvalue weighted by Gasteiger charge is 2.07. The normalized spacial score (nSPS) is 10.8. The second-order valence-electron chi connectivity index (χ2n) is 5.60. The number of guanidine groups is 1. The first-order chi connectivity index (χ1) is 12.8. The van der Waals surface area contributed by atoms with Crippen molar-refractivity contribution in [2.45, 2.75) is 19.7 Å². The zero-order chi connectivity index (χ0) is 18.0. The number of hydrogen-bond donors (Lipinski definition) is 2. The van der Waals surface area contributed by atoms with Crippen molar-refractivity contribution in [3.05, 3.63) is 82.2 Å². The summed E-state index contributed by atoms with van der Waals surface area (Å²) >= 11 is 1.72. The Kier molecular flexibility index (Phi) is 9.06. The van der Waals surface area contributed by atoms with Gasteiger partial charge >= 0.3 is 0 Å². The zero-order valence-electron chi connectivity index (χ0n) is 15.1. The molecule has 5 nitrogen and oxygen atoms in total. The Labute approximate surface area is 180 Å². The maximum absolute atomic E-state index is 5.90. The molecular formula is C20H23IN4OS. The fourth-order valence-electron chi connectivity index (χ4n) is 2.40. The summed E-state index contributed by atoms with van der Waals surface area (Å²) in [6.07, 6.45) is 1.74. The van der Waals surface area contributed by atoms with Gasteiger partial charge in [-0.15, -0.1) is 35.3 Å². The maximum Gasteiger partial charge on any atom is 0.218 e. The monoisotopic (exact) mass is 494 g/mol. The van der Waals surface area contributed by atoms with Crippen LogP contribution in [0.1, 0.15) is 16.0 Å². The molecule has 1 aromatic carbocycles. The first-order valence-corrected chi connectivity index (χ1v) is 9.30. The average molecular weight is 494 g/mol. The highest BCUT2D eigenvalue weighted by molar-refractivity contribution is 14.0. The highest BCUT2D eigenvalue weighted by atomic mass is 127. The number of thiophene rings is 1. The van der Waals surface area contributed by atoms with Crippen molar-refractivity contribution in [3.63, 3.8) is 0 Å². The van der Waals surface area contributed by atoms with Crippen LogP contribution in [-0.2, 0) is 19.7 Å². The summed E-state index contributed by atoms with van der Waals surface area (Å²) in [6.45, 7) is 1.83. The molecule has 0 saturated carbocycles. The Hall–Kier alpha value is -2.13. The lowest BCUT2D eigenvalue weighted by molar-refractivity contribution is 0.290. The second kappa shape index (κ2) is 11.6. The fraction of sp³-hybridized carbons (Fsp3) is 0.200. The predicted molar refractivity (Wildman–Crippen MR) is 122 cm³/mol. The van der Waals surface area contributed by atoms with Gasteiger partial charge in [-0.05, 0) is 23.1 Å². The molecule has 3 rings (SSSR count). The summed E-state index contributed by atoms with van der Waals surface area (Å²) in [5.41, 5.74) is 2.10. The minimum absolute atomic E-state index is 0. The van der Waals surface area contributed by atoms with E-state index in [9.17, 15) is 0 Å². The van der Waals surface area contributed by atoms with Gasteiger partial charge in [0.25, 0.3) is 0 Å². The summed E-state index contributed by atoms with van der Waals surface area (Å²) in [7, 11) is 1.76. The third-order valence-corrected chi connectivity index (χ3v) is 4.62. The molecule has 142 valence electrons. The lowest BCUT2D eigenvalue weighted by atomic mass is 10.2. The number of pyridine rings is 1. The molecule has 0 atom stereocenters. The minimum atomic E-state index is 0. The molecule has 0 spiro atoms. The first kappa shape index (κ1) is 21.2. The quantitative estimate of drug-likeness (QED) is 0.294. The molecule has 0 amide bonds. The highest BCUT2D eigenvalue weighted by Crippen LogP contribution is 2.16. The minimum Gasteiger partial charge on any atom is -0.473 e. The molecule has 0 aliphatic carbocycles. The Morgan fingerprint density at radius 3 is 2.59 bits per heavy atom. The molecule has 0 unspecified atom stereocenters. The van der Waals surface area contributed by atoms with Crippen LogP contribution in [0.5, 0.6) is 5.88 Å². The van der Waals surface area contributed by atoms with Gasteiger partial charge in [-0.2, -0.15) is 0 Å². The van der Waals surface area contributed by atoms with Gasteiger partial charge in [0.2, 0.25) is 5.88 Å². The van der Waals surface area contributed by atoms with Crippen molar-refractivity contribution in [1.82, 2.24) is 15.6 Å². The summed E-state index contributed by atoms with van der Waals surface area (Å²) in [4.78, 5) is 9.89. The van der Waals surface area contributed by atoms with E-state index in [1.165, 1.54) is 4.88 Å². The fourth-order valence-corrected chi connectivity index (χ4v) is 3.04. The lowest BCUT2D eigenvalue weighted by Gasteiger charge is -2.14. The van der Waals surface area contributed by atoms with Crippen LogP contribution >= 0.6 is 35.3 Å². The molecule has 7 heteroatoms. The number of nitrogens with zero attached hydrogens (tertiary/aromatic N) is 2. The van der Waals surface area contributed by atoms with E-state index in [4.69, 9.17) is 4.74 Å². The van der Waals surface area contributed by atoms with Gasteiger partial charge in [0.15, 0.2) is 5.96 Å². The summed E-state index contributed by atoms with van der Waals surface area (Å²) < 4.78 is 5.90. The topological polar surface area (TPSA) is 58.5 Å². The van der Waals surface area contributed by atoms with E-state index in [1.807, 2.05) is 48.5 Å². The van der Waals surface area contributed by atoms with Crippen LogP contribution in [0.3, 0.4) is 0 Å². The summed E-state index contributed by atoms with van der Waals surface area (Å²) in [5.74, 6) is 1.38. The van der Waals surface area contributed by atoms with Crippen LogP contribution < -0.4 is 15.4 Å². The van der Waals surface area contributed by atoms with Gasteiger partial charge in [-0.3, -0.25) is 4.99 Å². The standard InChI is InChI=1S/C20H22N4OS.HI/c1-21-20(24-14-18-10-6-12-26-18)23-13-17-9-5-11-22-19(17)25-15-16-7-3-2-4-8-16;/h2-12H,13-15H2,1H3,(H2,21,23,24);1H. The van der Waals surface area contributed by atoms with Crippen LogP contribution in [0.25, 0.3) is 0 Å². The van der Waals surface area contributed by atoms with Crippen molar-refractivity contribution < 1.29 is 4.74 Å². The van der Waals surface area contributed by atoms with Crippen molar-refractivity contribution in [3.8, 4) is 5.88 Å². The number of nitrogens with one attached hydrogen (secondary N) is 2. The van der Waals surface area contributed by atoms with Gasteiger partial charge < -0.3 is 15.4 Å². The third-order valence-electron chi connectivity index (χ3n) is 3.75. The smallest absolute Gasteiger partial charge is 0.218 e. The van der Waals surface area contributed by atoms with Crippen molar-refractivity contribution in [1.29, 1.82) is 0 Å². The number of halogens is 1. The van der Waals surface area contributed by atoms with E-state index in [-0.39, 0.29) is 24.0 Å². The number of benzene rings is 1. The maximum atomic E-state index is 5.90. The van der Waals surface area contributed by atoms with Crippen LogP contribution in [0.2, 0.25) is 0 Å². The van der Waals surface area contributed by atoms with Gasteiger partial charge in [-0.25, -0.2) is 4.98 Å². The Morgan fingerprint density at radius 2 is 1.85 bits per heavy atom. The third kappa shape index (κ3) is 6.84. The average Bonchev–Trinajstić information content (AvgIpc) is 3.21. The van der Waals surface area contributed by atoms with E-state index >= 15 is 0 Å². The van der Waals surface area contributed by atoms with E-state index < -0.39 is 0 Å². The van der Waals surface area contributed by atoms with E-state index in [0.29, 0.717) is 19.0 Å². The Bertz CT molecular complexity index is 825. The van der Waals surface area contributed by atoms with Crippen LogP contribution in [0, 0.1) is 0 Å². The van der Waals surface area contributed by atoms with Gasteiger partial charge in [-0.1, -0.05) is 42.5 Å². The summed E-state index contributed by atoms with van der Waals surface area (Å²) in [5, 5.41) is 8.69. The number of ether oxygens (including phenoxy) is 1.